The molecule has 0 amide bonds. The standard InChI is InChI=1S/C18H27N.C17H24N2/c1-14(2)16(5)19-18(15(3)4)13-9-12-17-10-7-6-8-11-17;1-7-19(12-13(2)3)17(15(5)18-6)16-10-8-14(4)9-11-16/h6-8,10-11,14,18-19H,3,5,9,12-13H2,1-2,4H3;7-12,17-18H,1,5H2,2-4,6H3. The minimum absolute atomic E-state index is 0.0537. The van der Waals surface area contributed by atoms with Gasteiger partial charge in [0.2, 0.25) is 0 Å². The quantitative estimate of drug-likeness (QED) is 0.247. The molecule has 0 saturated carbocycles. The van der Waals surface area contributed by atoms with Crippen LogP contribution in [0.3, 0.4) is 0 Å². The first-order chi connectivity index (χ1) is 18.0. The lowest BCUT2D eigenvalue weighted by Crippen LogP contribution is -2.30. The first-order valence-corrected chi connectivity index (χ1v) is 13.6. The van der Waals surface area contributed by atoms with Crippen LogP contribution in [0.2, 0.25) is 0 Å². The molecule has 0 heterocycles. The molecule has 3 heteroatoms. The molecular weight excluding hydrogens is 462 g/mol. The van der Waals surface area contributed by atoms with Gasteiger partial charge >= 0.3 is 0 Å². The molecule has 3 nitrogen and oxygen atoms in total. The van der Waals surface area contributed by atoms with Gasteiger partial charge in [-0.05, 0) is 70.2 Å². The fraction of sp³-hybridized carbons (Fsp3) is 0.371. The minimum atomic E-state index is 0.0537. The molecule has 2 N–H and O–H groups in total. The van der Waals surface area contributed by atoms with Gasteiger partial charge in [0.1, 0.15) is 0 Å². The van der Waals surface area contributed by atoms with Crippen molar-refractivity contribution in [2.45, 2.75) is 72.9 Å². The maximum Gasteiger partial charge on any atom is 0.0971 e. The number of likely N-dealkylation sites (N-methyl/N-ethyl adjacent to an activating group) is 1. The molecular formula is C35H51N3. The summed E-state index contributed by atoms with van der Waals surface area (Å²) in [7, 11) is 1.90. The molecule has 0 fully saturated rings. The number of benzene rings is 2. The Labute approximate surface area is 233 Å². The van der Waals surface area contributed by atoms with Gasteiger partial charge < -0.3 is 15.5 Å². The van der Waals surface area contributed by atoms with E-state index in [0.29, 0.717) is 12.0 Å². The fourth-order valence-corrected chi connectivity index (χ4v) is 3.96. The van der Waals surface area contributed by atoms with E-state index in [2.05, 4.69) is 144 Å². The summed E-state index contributed by atoms with van der Waals surface area (Å²) in [5, 5.41) is 6.66. The van der Waals surface area contributed by atoms with Crippen molar-refractivity contribution in [1.29, 1.82) is 0 Å². The zero-order chi connectivity index (χ0) is 28.7. The van der Waals surface area contributed by atoms with Crippen LogP contribution in [-0.4, -0.2) is 18.0 Å². The molecule has 0 saturated heterocycles. The number of nitrogens with zero attached hydrogens (tertiary/aromatic N) is 1. The number of hydrogen-bond donors (Lipinski definition) is 2. The summed E-state index contributed by atoms with van der Waals surface area (Å²) in [4.78, 5) is 2.08. The van der Waals surface area contributed by atoms with E-state index in [1.807, 2.05) is 13.2 Å². The van der Waals surface area contributed by atoms with E-state index in [-0.39, 0.29) is 6.04 Å². The first kappa shape index (κ1) is 32.6. The molecule has 2 unspecified atom stereocenters. The van der Waals surface area contributed by atoms with Gasteiger partial charge in [-0.3, -0.25) is 0 Å². The summed E-state index contributed by atoms with van der Waals surface area (Å²) in [6.45, 7) is 28.9. The van der Waals surface area contributed by atoms with Gasteiger partial charge in [0, 0.05) is 30.7 Å². The van der Waals surface area contributed by atoms with Crippen LogP contribution in [0, 0.1) is 12.8 Å². The number of aryl methyl sites for hydroxylation is 2. The van der Waals surface area contributed by atoms with Gasteiger partial charge in [0.05, 0.1) is 6.04 Å². The van der Waals surface area contributed by atoms with Gasteiger partial charge in [0.25, 0.3) is 0 Å². The molecule has 2 atom stereocenters. The van der Waals surface area contributed by atoms with E-state index in [4.69, 9.17) is 0 Å². The summed E-state index contributed by atoms with van der Waals surface area (Å²) in [5.74, 6) is 0.468. The fourth-order valence-electron chi connectivity index (χ4n) is 3.96. The average molecular weight is 514 g/mol. The highest BCUT2D eigenvalue weighted by atomic mass is 15.1. The molecule has 0 aromatic heterocycles. The molecule has 0 aliphatic heterocycles. The van der Waals surface area contributed by atoms with Crippen LogP contribution in [0.4, 0.5) is 0 Å². The van der Waals surface area contributed by atoms with E-state index in [0.717, 1.165) is 24.2 Å². The predicted molar refractivity (Wildman–Crippen MR) is 169 cm³/mol. The Morgan fingerprint density at radius 1 is 0.921 bits per heavy atom. The SMILES string of the molecule is C=C(NC(CCCc1ccccc1)C(=C)C)C(C)C.C=CN(C=C(C)C)C(C(=C)NC)c1ccc(C)cc1. The lowest BCUT2D eigenvalue weighted by molar-refractivity contribution is 0.406. The maximum absolute atomic E-state index is 4.12. The Kier molecular flexibility index (Phi) is 14.7. The van der Waals surface area contributed by atoms with Crippen molar-refractivity contribution in [3.05, 3.63) is 133 Å². The highest BCUT2D eigenvalue weighted by Crippen LogP contribution is 2.27. The summed E-state index contributed by atoms with van der Waals surface area (Å²) >= 11 is 0. The second-order valence-corrected chi connectivity index (χ2v) is 10.5. The zero-order valence-electron chi connectivity index (χ0n) is 25.0. The van der Waals surface area contributed by atoms with E-state index in [1.165, 1.54) is 34.3 Å². The van der Waals surface area contributed by atoms with E-state index in [9.17, 15) is 0 Å². The second kappa shape index (κ2) is 17.1. The van der Waals surface area contributed by atoms with Crippen molar-refractivity contribution in [1.82, 2.24) is 15.5 Å². The van der Waals surface area contributed by atoms with Crippen LogP contribution in [-0.2, 0) is 6.42 Å². The molecule has 0 bridgehead atoms. The molecule has 0 aliphatic carbocycles. The largest absolute Gasteiger partial charge is 0.390 e. The van der Waals surface area contributed by atoms with Crippen LogP contribution >= 0.6 is 0 Å². The van der Waals surface area contributed by atoms with Crippen molar-refractivity contribution in [3.63, 3.8) is 0 Å². The van der Waals surface area contributed by atoms with E-state index in [1.54, 1.807) is 0 Å². The second-order valence-electron chi connectivity index (χ2n) is 10.5. The number of hydrogen-bond acceptors (Lipinski definition) is 3. The van der Waals surface area contributed by atoms with Gasteiger partial charge in [0.15, 0.2) is 0 Å². The van der Waals surface area contributed by atoms with Gasteiger partial charge in [-0.15, -0.1) is 0 Å². The van der Waals surface area contributed by atoms with Crippen molar-refractivity contribution < 1.29 is 0 Å². The highest BCUT2D eigenvalue weighted by molar-refractivity contribution is 5.31. The van der Waals surface area contributed by atoms with Crippen LogP contribution in [0.15, 0.2) is 116 Å². The molecule has 0 radical (unpaired) electrons. The summed E-state index contributed by atoms with van der Waals surface area (Å²) in [5.41, 5.74) is 8.32. The zero-order valence-corrected chi connectivity index (χ0v) is 25.0. The summed E-state index contributed by atoms with van der Waals surface area (Å²) in [6.07, 6.45) is 7.32. The van der Waals surface area contributed by atoms with Crippen LogP contribution in [0.1, 0.15) is 70.2 Å². The van der Waals surface area contributed by atoms with Crippen molar-refractivity contribution >= 4 is 0 Å². The highest BCUT2D eigenvalue weighted by Gasteiger charge is 2.18. The summed E-state index contributed by atoms with van der Waals surface area (Å²) < 4.78 is 0. The van der Waals surface area contributed by atoms with Gasteiger partial charge in [-0.2, -0.15) is 0 Å². The molecule has 206 valence electrons. The molecule has 2 rings (SSSR count). The van der Waals surface area contributed by atoms with Crippen molar-refractivity contribution in [2.24, 2.45) is 5.92 Å². The Bertz CT molecular complexity index is 1040. The average Bonchev–Trinajstić information content (AvgIpc) is 2.89. The molecule has 2 aromatic carbocycles. The minimum Gasteiger partial charge on any atom is -0.390 e. The molecule has 2 aromatic rings. The lowest BCUT2D eigenvalue weighted by Gasteiger charge is -2.30. The Balaban J connectivity index is 0.000000380. The number of nitrogens with one attached hydrogen (secondary N) is 2. The third-order valence-corrected chi connectivity index (χ3v) is 6.41. The van der Waals surface area contributed by atoms with Crippen molar-refractivity contribution in [3.8, 4) is 0 Å². The predicted octanol–water partition coefficient (Wildman–Crippen LogP) is 8.85. The normalized spacial score (nSPS) is 11.8. The number of allylic oxidation sites excluding steroid dienone is 2. The first-order valence-electron chi connectivity index (χ1n) is 13.6. The van der Waals surface area contributed by atoms with Crippen LogP contribution in [0.5, 0.6) is 0 Å². The molecule has 0 aliphatic rings. The Morgan fingerprint density at radius 3 is 2.00 bits per heavy atom. The molecule has 0 spiro atoms. The van der Waals surface area contributed by atoms with Gasteiger partial charge in [-0.25, -0.2) is 0 Å². The monoisotopic (exact) mass is 513 g/mol. The van der Waals surface area contributed by atoms with Crippen LogP contribution < -0.4 is 10.6 Å². The van der Waals surface area contributed by atoms with Crippen molar-refractivity contribution in [2.75, 3.05) is 7.05 Å². The van der Waals surface area contributed by atoms with Gasteiger partial charge in [-0.1, -0.05) is 111 Å². The topological polar surface area (TPSA) is 27.3 Å². The third kappa shape index (κ3) is 11.7. The summed E-state index contributed by atoms with van der Waals surface area (Å²) in [6, 6.07) is 19.6. The number of rotatable bonds is 14. The molecule has 38 heavy (non-hydrogen) atoms. The lowest BCUT2D eigenvalue weighted by atomic mass is 9.99. The smallest absolute Gasteiger partial charge is 0.0971 e. The van der Waals surface area contributed by atoms with Crippen LogP contribution in [0.25, 0.3) is 0 Å². The van der Waals surface area contributed by atoms with E-state index < -0.39 is 0 Å². The van der Waals surface area contributed by atoms with E-state index >= 15 is 0 Å². The maximum atomic E-state index is 4.12. The third-order valence-electron chi connectivity index (χ3n) is 6.41. The Hall–Kier alpha value is -3.46. The Morgan fingerprint density at radius 2 is 1.53 bits per heavy atom.